The molecular formula is C12H20N4O2S2. The smallest absolute Gasteiger partial charge is 0.210 e. The molecule has 2 aliphatic rings. The number of nitrogen functional groups attached to an aromatic ring is 1. The lowest BCUT2D eigenvalue weighted by atomic mass is 9.89. The van der Waals surface area contributed by atoms with Crippen LogP contribution in [0.15, 0.2) is 5.16 Å². The molecule has 1 saturated carbocycles. The summed E-state index contributed by atoms with van der Waals surface area (Å²) in [7, 11) is -2.86. The molecular weight excluding hydrogens is 296 g/mol. The molecule has 3 rings (SSSR count). The minimum atomic E-state index is -2.86. The molecule has 0 aromatic carbocycles. The van der Waals surface area contributed by atoms with Crippen molar-refractivity contribution in [1.29, 1.82) is 0 Å². The van der Waals surface area contributed by atoms with Gasteiger partial charge < -0.3 is 5.84 Å². The third-order valence-corrected chi connectivity index (χ3v) is 7.33. The molecule has 1 aromatic heterocycles. The van der Waals surface area contributed by atoms with Crippen molar-refractivity contribution in [2.24, 2.45) is 0 Å². The Balaban J connectivity index is 1.70. The van der Waals surface area contributed by atoms with Crippen molar-refractivity contribution in [3.8, 4) is 0 Å². The second-order valence-corrected chi connectivity index (χ2v) is 9.18. The zero-order chi connectivity index (χ0) is 14.2. The van der Waals surface area contributed by atoms with Gasteiger partial charge in [0.2, 0.25) is 5.16 Å². The van der Waals surface area contributed by atoms with E-state index in [0.29, 0.717) is 17.5 Å². The van der Waals surface area contributed by atoms with E-state index in [4.69, 9.17) is 5.84 Å². The molecule has 0 spiro atoms. The van der Waals surface area contributed by atoms with Crippen LogP contribution in [0, 0.1) is 0 Å². The van der Waals surface area contributed by atoms with E-state index < -0.39 is 9.84 Å². The predicted octanol–water partition coefficient (Wildman–Crippen LogP) is 1.32. The molecule has 2 heterocycles. The van der Waals surface area contributed by atoms with Crippen molar-refractivity contribution in [2.45, 2.75) is 54.8 Å². The number of hydrogen-bond donors (Lipinski definition) is 1. The van der Waals surface area contributed by atoms with Gasteiger partial charge in [-0.25, -0.2) is 13.1 Å². The molecule has 6 nitrogen and oxygen atoms in total. The number of aromatic nitrogens is 3. The molecule has 0 amide bonds. The van der Waals surface area contributed by atoms with Crippen LogP contribution in [0.5, 0.6) is 0 Å². The van der Waals surface area contributed by atoms with Gasteiger partial charge in [0.15, 0.2) is 15.7 Å². The van der Waals surface area contributed by atoms with Crippen LogP contribution < -0.4 is 5.84 Å². The van der Waals surface area contributed by atoms with Gasteiger partial charge in [0.05, 0.1) is 11.5 Å². The summed E-state index contributed by atoms with van der Waals surface area (Å²) in [5.41, 5.74) is 0. The normalized spacial score (nSPS) is 26.9. The molecule has 0 radical (unpaired) electrons. The van der Waals surface area contributed by atoms with Gasteiger partial charge in [-0.2, -0.15) is 0 Å². The summed E-state index contributed by atoms with van der Waals surface area (Å²) in [6.45, 7) is 0. The maximum Gasteiger partial charge on any atom is 0.210 e. The Hall–Kier alpha value is -0.760. The Labute approximate surface area is 123 Å². The highest BCUT2D eigenvalue weighted by Gasteiger charge is 2.31. The van der Waals surface area contributed by atoms with E-state index in [1.54, 1.807) is 4.68 Å². The van der Waals surface area contributed by atoms with E-state index in [0.717, 1.165) is 18.7 Å². The first-order chi connectivity index (χ1) is 9.55. The summed E-state index contributed by atoms with van der Waals surface area (Å²) in [6, 6.07) is 0. The fraction of sp³-hybridized carbons (Fsp3) is 0.833. The first kappa shape index (κ1) is 14.2. The minimum Gasteiger partial charge on any atom is -0.336 e. The number of rotatable bonds is 3. The highest BCUT2D eigenvalue weighted by Crippen LogP contribution is 2.34. The van der Waals surface area contributed by atoms with Crippen LogP contribution in [0.2, 0.25) is 0 Å². The van der Waals surface area contributed by atoms with Crippen LogP contribution in [0.3, 0.4) is 0 Å². The van der Waals surface area contributed by atoms with E-state index >= 15 is 0 Å². The summed E-state index contributed by atoms with van der Waals surface area (Å²) >= 11 is 1.45. The fourth-order valence-corrected chi connectivity index (χ4v) is 6.43. The zero-order valence-corrected chi connectivity index (χ0v) is 13.0. The van der Waals surface area contributed by atoms with Gasteiger partial charge in [-0.3, -0.25) is 0 Å². The summed E-state index contributed by atoms with van der Waals surface area (Å²) < 4.78 is 24.5. The summed E-state index contributed by atoms with van der Waals surface area (Å²) in [4.78, 5) is 0. The Bertz CT molecular complexity index is 578. The number of nitrogens with zero attached hydrogens (tertiary/aromatic N) is 3. The first-order valence-corrected chi connectivity index (χ1v) is 9.83. The van der Waals surface area contributed by atoms with Crippen molar-refractivity contribution in [1.82, 2.24) is 14.9 Å². The van der Waals surface area contributed by atoms with Gasteiger partial charge in [-0.1, -0.05) is 31.0 Å². The van der Waals surface area contributed by atoms with Gasteiger partial charge in [0.25, 0.3) is 0 Å². The van der Waals surface area contributed by atoms with E-state index in [1.165, 1.54) is 31.0 Å². The molecule has 1 saturated heterocycles. The molecule has 1 aliphatic heterocycles. The highest BCUT2D eigenvalue weighted by molar-refractivity contribution is 8.01. The Morgan fingerprint density at radius 2 is 1.90 bits per heavy atom. The second-order valence-electron chi connectivity index (χ2n) is 5.69. The van der Waals surface area contributed by atoms with Crippen LogP contribution >= 0.6 is 11.8 Å². The molecule has 112 valence electrons. The topological polar surface area (TPSA) is 90.9 Å². The van der Waals surface area contributed by atoms with Crippen LogP contribution in [0.25, 0.3) is 0 Å². The second kappa shape index (κ2) is 5.55. The zero-order valence-electron chi connectivity index (χ0n) is 11.4. The van der Waals surface area contributed by atoms with Crippen molar-refractivity contribution < 1.29 is 8.42 Å². The third kappa shape index (κ3) is 2.95. The quantitative estimate of drug-likeness (QED) is 0.846. The first-order valence-electron chi connectivity index (χ1n) is 7.12. The molecule has 1 atom stereocenters. The summed E-state index contributed by atoms with van der Waals surface area (Å²) in [5.74, 6) is 7.86. The number of nitrogens with two attached hydrogens (primary N) is 1. The Morgan fingerprint density at radius 3 is 2.55 bits per heavy atom. The SMILES string of the molecule is Nn1c(SC2CCS(=O)(=O)C2)nnc1C1CCCCC1. The minimum absolute atomic E-state index is 0.0608. The van der Waals surface area contributed by atoms with Gasteiger partial charge in [0.1, 0.15) is 0 Å². The molecule has 2 N–H and O–H groups in total. The predicted molar refractivity (Wildman–Crippen MR) is 78.9 cm³/mol. The average molecular weight is 316 g/mol. The van der Waals surface area contributed by atoms with E-state index in [9.17, 15) is 8.42 Å². The van der Waals surface area contributed by atoms with Crippen molar-refractivity contribution in [3.05, 3.63) is 5.82 Å². The molecule has 20 heavy (non-hydrogen) atoms. The molecule has 1 aliphatic carbocycles. The lowest BCUT2D eigenvalue weighted by Crippen LogP contribution is -2.19. The molecule has 1 aromatic rings. The highest BCUT2D eigenvalue weighted by atomic mass is 32.2. The van der Waals surface area contributed by atoms with Crippen molar-refractivity contribution in [2.75, 3.05) is 17.3 Å². The monoisotopic (exact) mass is 316 g/mol. The van der Waals surface area contributed by atoms with Crippen molar-refractivity contribution in [3.63, 3.8) is 0 Å². The number of thioether (sulfide) groups is 1. The standard InChI is InChI=1S/C12H20N4O2S2/c13-16-11(9-4-2-1-3-5-9)14-15-12(16)19-10-6-7-20(17,18)8-10/h9-10H,1-8,13H2. The number of hydrogen-bond acceptors (Lipinski definition) is 6. The van der Waals surface area contributed by atoms with Gasteiger partial charge in [-0.15, -0.1) is 10.2 Å². The fourth-order valence-electron chi connectivity index (χ4n) is 3.01. The van der Waals surface area contributed by atoms with E-state index in [-0.39, 0.29) is 16.8 Å². The van der Waals surface area contributed by atoms with Crippen LogP contribution in [-0.2, 0) is 9.84 Å². The Kier molecular flexibility index (Phi) is 3.94. The Morgan fingerprint density at radius 1 is 1.15 bits per heavy atom. The molecule has 2 fully saturated rings. The molecule has 1 unspecified atom stereocenters. The number of sulfone groups is 1. The third-order valence-electron chi connectivity index (χ3n) is 4.12. The molecule has 0 bridgehead atoms. The maximum absolute atomic E-state index is 11.5. The average Bonchev–Trinajstić information content (AvgIpc) is 2.95. The maximum atomic E-state index is 11.5. The van der Waals surface area contributed by atoms with E-state index in [1.807, 2.05) is 0 Å². The summed E-state index contributed by atoms with van der Waals surface area (Å²) in [6.07, 6.45) is 6.66. The largest absolute Gasteiger partial charge is 0.336 e. The van der Waals surface area contributed by atoms with Gasteiger partial charge >= 0.3 is 0 Å². The van der Waals surface area contributed by atoms with E-state index in [2.05, 4.69) is 10.2 Å². The molecule has 8 heteroatoms. The lowest BCUT2D eigenvalue weighted by Gasteiger charge is -2.20. The van der Waals surface area contributed by atoms with Crippen LogP contribution in [-0.4, -0.2) is 40.0 Å². The lowest BCUT2D eigenvalue weighted by molar-refractivity contribution is 0.421. The van der Waals surface area contributed by atoms with Crippen LogP contribution in [0.1, 0.15) is 50.3 Å². The van der Waals surface area contributed by atoms with Crippen molar-refractivity contribution >= 4 is 21.6 Å². The summed E-state index contributed by atoms with van der Waals surface area (Å²) in [5, 5.41) is 9.10. The van der Waals surface area contributed by atoms with Gasteiger partial charge in [0, 0.05) is 11.2 Å². The van der Waals surface area contributed by atoms with Crippen LogP contribution in [0.4, 0.5) is 0 Å². The van der Waals surface area contributed by atoms with Gasteiger partial charge in [-0.05, 0) is 19.3 Å².